The minimum atomic E-state index is -3.58. The summed E-state index contributed by atoms with van der Waals surface area (Å²) in [7, 11) is 1.49. The average Bonchev–Trinajstić information content (AvgIpc) is 2.36. The molecule has 0 fully saturated rings. The number of aliphatic hydroxyl groups is 1. The number of rotatable bonds is 10. The first-order valence-electron chi connectivity index (χ1n) is 5.21. The van der Waals surface area contributed by atoms with Gasteiger partial charge >= 0.3 is 5.92 Å². The largest absolute Gasteiger partial charge is 0.465 e. The van der Waals surface area contributed by atoms with E-state index >= 15 is 0 Å². The van der Waals surface area contributed by atoms with Crippen molar-refractivity contribution in [3.05, 3.63) is 37.1 Å². The molecule has 1 unspecified atom stereocenters. The van der Waals surface area contributed by atoms with E-state index in [0.29, 0.717) is 6.61 Å². The van der Waals surface area contributed by atoms with Crippen LogP contribution < -0.4 is 0 Å². The number of hydrogen-bond donors (Lipinski definition) is 1. The fraction of sp³-hybridized carbons (Fsp3) is 0.500. The number of methoxy groups -OCH3 is 1. The number of allylic oxidation sites excluding steroid dienone is 2. The molecule has 0 aliphatic rings. The third kappa shape index (κ3) is 5.39. The maximum Gasteiger partial charge on any atom is 0.332 e. The summed E-state index contributed by atoms with van der Waals surface area (Å²) in [6, 6.07) is 0. The van der Waals surface area contributed by atoms with Gasteiger partial charge in [0.2, 0.25) is 0 Å². The third-order valence-electron chi connectivity index (χ3n) is 1.92. The van der Waals surface area contributed by atoms with E-state index in [1.807, 2.05) is 0 Å². The van der Waals surface area contributed by atoms with Crippen molar-refractivity contribution < 1.29 is 28.1 Å². The summed E-state index contributed by atoms with van der Waals surface area (Å²) in [5.41, 5.74) is 0. The fourth-order valence-corrected chi connectivity index (χ4v) is 0.963. The molecule has 0 aromatic rings. The third-order valence-corrected chi connectivity index (χ3v) is 1.92. The molecule has 0 saturated carbocycles. The van der Waals surface area contributed by atoms with Gasteiger partial charge in [-0.25, -0.2) is 0 Å². The maximum atomic E-state index is 13.6. The van der Waals surface area contributed by atoms with Crippen molar-refractivity contribution in [2.45, 2.75) is 12.0 Å². The molecule has 0 saturated heterocycles. The van der Waals surface area contributed by atoms with Crippen molar-refractivity contribution in [3.63, 3.8) is 0 Å². The molecule has 0 rings (SSSR count). The molecular weight excluding hydrogens is 246 g/mol. The summed E-state index contributed by atoms with van der Waals surface area (Å²) in [6.45, 7) is 6.57. The van der Waals surface area contributed by atoms with Crippen molar-refractivity contribution in [3.8, 4) is 0 Å². The smallest absolute Gasteiger partial charge is 0.332 e. The molecule has 0 spiro atoms. The molecule has 6 heteroatoms. The quantitative estimate of drug-likeness (QED) is 0.215. The molecule has 0 aliphatic carbocycles. The van der Waals surface area contributed by atoms with Gasteiger partial charge in [0.25, 0.3) is 0 Å². The number of ether oxygens (including phenoxy) is 3. The Labute approximate surface area is 105 Å². The highest BCUT2D eigenvalue weighted by atomic mass is 19.3. The SMILES string of the molecule is C=C/C=C(/OCOCCOC)C(F)(F)C(O)C=C. The first-order valence-corrected chi connectivity index (χ1v) is 5.21. The lowest BCUT2D eigenvalue weighted by Crippen LogP contribution is -2.35. The first kappa shape index (κ1) is 16.8. The van der Waals surface area contributed by atoms with Gasteiger partial charge in [0.05, 0.1) is 13.2 Å². The van der Waals surface area contributed by atoms with Crippen LogP contribution in [0.3, 0.4) is 0 Å². The van der Waals surface area contributed by atoms with Crippen molar-refractivity contribution >= 4 is 0 Å². The lowest BCUT2D eigenvalue weighted by molar-refractivity contribution is -0.123. The monoisotopic (exact) mass is 264 g/mol. The molecule has 1 N–H and O–H groups in total. The lowest BCUT2D eigenvalue weighted by atomic mass is 10.1. The first-order chi connectivity index (χ1) is 8.50. The van der Waals surface area contributed by atoms with Crippen LogP contribution >= 0.6 is 0 Å². The number of alkyl halides is 2. The Kier molecular flexibility index (Phi) is 8.19. The van der Waals surface area contributed by atoms with Gasteiger partial charge in [0, 0.05) is 7.11 Å². The van der Waals surface area contributed by atoms with Crippen LogP contribution in [0.2, 0.25) is 0 Å². The maximum absolute atomic E-state index is 13.6. The van der Waals surface area contributed by atoms with Gasteiger partial charge in [0.15, 0.2) is 12.6 Å². The van der Waals surface area contributed by atoms with Crippen LogP contribution in [0.15, 0.2) is 37.1 Å². The van der Waals surface area contributed by atoms with E-state index in [-0.39, 0.29) is 13.4 Å². The topological polar surface area (TPSA) is 47.9 Å². The summed E-state index contributed by atoms with van der Waals surface area (Å²) in [4.78, 5) is 0. The Balaban J connectivity index is 4.44. The van der Waals surface area contributed by atoms with Crippen LogP contribution in [0.25, 0.3) is 0 Å². The van der Waals surface area contributed by atoms with E-state index in [1.165, 1.54) is 7.11 Å². The van der Waals surface area contributed by atoms with Gasteiger partial charge in [-0.05, 0) is 6.08 Å². The summed E-state index contributed by atoms with van der Waals surface area (Å²) in [5, 5.41) is 9.14. The van der Waals surface area contributed by atoms with Crippen molar-refractivity contribution in [2.75, 3.05) is 27.1 Å². The van der Waals surface area contributed by atoms with Gasteiger partial charge in [-0.15, -0.1) is 6.58 Å². The number of hydrogen-bond acceptors (Lipinski definition) is 4. The van der Waals surface area contributed by atoms with Crippen LogP contribution in [0, 0.1) is 0 Å². The number of halogens is 2. The summed E-state index contributed by atoms with van der Waals surface area (Å²) < 4.78 is 41.6. The van der Waals surface area contributed by atoms with Crippen LogP contribution in [0.1, 0.15) is 0 Å². The van der Waals surface area contributed by atoms with Crippen molar-refractivity contribution in [1.82, 2.24) is 0 Å². The molecule has 18 heavy (non-hydrogen) atoms. The highest BCUT2D eigenvalue weighted by Crippen LogP contribution is 2.29. The second-order valence-electron chi connectivity index (χ2n) is 3.23. The molecule has 0 heterocycles. The molecule has 0 aromatic carbocycles. The van der Waals surface area contributed by atoms with Crippen LogP contribution in [-0.2, 0) is 14.2 Å². The Hall–Kier alpha value is -1.24. The van der Waals surface area contributed by atoms with Crippen molar-refractivity contribution in [2.24, 2.45) is 0 Å². The molecule has 1 atom stereocenters. The highest BCUT2D eigenvalue weighted by Gasteiger charge is 2.42. The van der Waals surface area contributed by atoms with Gasteiger partial charge in [-0.3, -0.25) is 0 Å². The lowest BCUT2D eigenvalue weighted by Gasteiger charge is -2.23. The fourth-order valence-electron chi connectivity index (χ4n) is 0.963. The average molecular weight is 264 g/mol. The Morgan fingerprint density at radius 1 is 1.39 bits per heavy atom. The molecule has 0 bridgehead atoms. The second-order valence-corrected chi connectivity index (χ2v) is 3.23. The predicted molar refractivity (Wildman–Crippen MR) is 63.2 cm³/mol. The molecule has 0 aromatic heterocycles. The van der Waals surface area contributed by atoms with E-state index in [4.69, 9.17) is 19.3 Å². The van der Waals surface area contributed by atoms with Crippen LogP contribution in [-0.4, -0.2) is 44.2 Å². The van der Waals surface area contributed by atoms with Crippen LogP contribution in [0.4, 0.5) is 8.78 Å². The molecule has 0 aliphatic heterocycles. The van der Waals surface area contributed by atoms with Gasteiger partial charge in [-0.1, -0.05) is 18.7 Å². The Bertz CT molecular complexity index is 290. The van der Waals surface area contributed by atoms with E-state index < -0.39 is 17.8 Å². The van der Waals surface area contributed by atoms with E-state index in [0.717, 1.165) is 18.2 Å². The second kappa shape index (κ2) is 8.79. The zero-order valence-electron chi connectivity index (χ0n) is 10.3. The zero-order valence-corrected chi connectivity index (χ0v) is 10.3. The van der Waals surface area contributed by atoms with E-state index in [9.17, 15) is 8.78 Å². The minimum Gasteiger partial charge on any atom is -0.465 e. The summed E-state index contributed by atoms with van der Waals surface area (Å²) >= 11 is 0. The van der Waals surface area contributed by atoms with Gasteiger partial charge < -0.3 is 19.3 Å². The summed E-state index contributed by atoms with van der Waals surface area (Å²) in [5.74, 6) is -4.32. The van der Waals surface area contributed by atoms with Gasteiger partial charge in [0.1, 0.15) is 6.10 Å². The number of aliphatic hydroxyl groups excluding tert-OH is 1. The minimum absolute atomic E-state index is 0.216. The predicted octanol–water partition coefficient (Wildman–Crippen LogP) is 1.88. The van der Waals surface area contributed by atoms with Gasteiger partial charge in [-0.2, -0.15) is 8.78 Å². The molecule has 0 amide bonds. The zero-order chi connectivity index (χ0) is 14.0. The normalized spacial score (nSPS) is 14.1. The summed E-state index contributed by atoms with van der Waals surface area (Å²) in [6.07, 6.45) is 0.787. The Morgan fingerprint density at radius 2 is 2.06 bits per heavy atom. The standard InChI is InChI=1S/C12H18F2O4/c1-4-6-11(12(13,14)10(15)5-2)18-9-17-8-7-16-3/h4-6,10,15H,1-2,7-9H2,3H3/b11-6+. The molecule has 4 nitrogen and oxygen atoms in total. The van der Waals surface area contributed by atoms with E-state index in [1.54, 1.807) is 0 Å². The van der Waals surface area contributed by atoms with Crippen molar-refractivity contribution in [1.29, 1.82) is 0 Å². The van der Waals surface area contributed by atoms with E-state index in [2.05, 4.69) is 13.2 Å². The molecule has 0 radical (unpaired) electrons. The molecular formula is C12H18F2O4. The Morgan fingerprint density at radius 3 is 2.56 bits per heavy atom. The highest BCUT2D eigenvalue weighted by molar-refractivity contribution is 5.16. The van der Waals surface area contributed by atoms with Crippen LogP contribution in [0.5, 0.6) is 0 Å². The molecule has 104 valence electrons.